The fourth-order valence-electron chi connectivity index (χ4n) is 4.90. The molecule has 0 aromatic heterocycles. The lowest BCUT2D eigenvalue weighted by atomic mass is 9.80. The van der Waals surface area contributed by atoms with E-state index in [-0.39, 0.29) is 25.0 Å². The molecule has 2 aromatic carbocycles. The van der Waals surface area contributed by atoms with Crippen LogP contribution in [-0.4, -0.2) is 55.5 Å². The van der Waals surface area contributed by atoms with Gasteiger partial charge < -0.3 is 25.2 Å². The number of amides is 2. The molecule has 186 valence electrons. The maximum atomic E-state index is 12.9. The second-order valence-electron chi connectivity index (χ2n) is 9.61. The molecule has 0 radical (unpaired) electrons. The molecule has 2 aromatic rings. The van der Waals surface area contributed by atoms with E-state index in [4.69, 9.17) is 9.47 Å². The summed E-state index contributed by atoms with van der Waals surface area (Å²) in [4.78, 5) is 37.5. The topological polar surface area (TPSA) is 114 Å². The number of benzene rings is 2. The second kappa shape index (κ2) is 10.5. The van der Waals surface area contributed by atoms with Crippen LogP contribution >= 0.6 is 0 Å². The van der Waals surface area contributed by atoms with Crippen molar-refractivity contribution < 1.29 is 29.0 Å². The number of nitrogens with one attached hydrogen (secondary N) is 2. The lowest BCUT2D eigenvalue weighted by Crippen LogP contribution is -2.53. The zero-order chi connectivity index (χ0) is 25.0. The van der Waals surface area contributed by atoms with Crippen LogP contribution in [0.15, 0.2) is 48.5 Å². The SMILES string of the molecule is CC(C)C(NC(=O)OCC1c2ccccc2-c2ccccc21)C(=O)NCC1(C(=O)O)CCOCC1. The fraction of sp³-hybridized carbons (Fsp3) is 0.444. The van der Waals surface area contributed by atoms with Crippen molar-refractivity contribution >= 4 is 18.0 Å². The molecule has 1 atom stereocenters. The Kier molecular flexibility index (Phi) is 7.40. The van der Waals surface area contributed by atoms with Crippen molar-refractivity contribution in [1.82, 2.24) is 10.6 Å². The summed E-state index contributed by atoms with van der Waals surface area (Å²) < 4.78 is 10.9. The summed E-state index contributed by atoms with van der Waals surface area (Å²) in [6.45, 7) is 4.45. The summed E-state index contributed by atoms with van der Waals surface area (Å²) in [5.41, 5.74) is 3.43. The summed E-state index contributed by atoms with van der Waals surface area (Å²) in [6.07, 6.45) is -0.0245. The third-order valence-electron chi connectivity index (χ3n) is 7.07. The first-order chi connectivity index (χ1) is 16.8. The Labute approximate surface area is 205 Å². The highest BCUT2D eigenvalue weighted by Crippen LogP contribution is 2.44. The molecular weight excluding hydrogens is 448 g/mol. The van der Waals surface area contributed by atoms with E-state index in [9.17, 15) is 19.5 Å². The van der Waals surface area contributed by atoms with E-state index < -0.39 is 29.4 Å². The predicted molar refractivity (Wildman–Crippen MR) is 130 cm³/mol. The first kappa shape index (κ1) is 24.7. The molecule has 35 heavy (non-hydrogen) atoms. The van der Waals surface area contributed by atoms with Crippen molar-refractivity contribution in [3.8, 4) is 11.1 Å². The number of hydrogen-bond acceptors (Lipinski definition) is 5. The number of fused-ring (bicyclic) bond motifs is 3. The van der Waals surface area contributed by atoms with Gasteiger partial charge >= 0.3 is 12.1 Å². The minimum atomic E-state index is -1.06. The highest BCUT2D eigenvalue weighted by molar-refractivity contribution is 5.86. The van der Waals surface area contributed by atoms with Crippen molar-refractivity contribution in [2.45, 2.75) is 38.6 Å². The summed E-state index contributed by atoms with van der Waals surface area (Å²) in [5, 5.41) is 15.1. The Balaban J connectivity index is 1.37. The first-order valence-corrected chi connectivity index (χ1v) is 12.0. The number of carbonyl (C=O) groups is 3. The van der Waals surface area contributed by atoms with E-state index in [1.165, 1.54) is 0 Å². The lowest BCUT2D eigenvalue weighted by molar-refractivity contribution is -0.154. The van der Waals surface area contributed by atoms with Crippen molar-refractivity contribution in [2.75, 3.05) is 26.4 Å². The molecule has 2 aliphatic rings. The van der Waals surface area contributed by atoms with Gasteiger partial charge in [-0.05, 0) is 41.0 Å². The maximum Gasteiger partial charge on any atom is 0.407 e. The largest absolute Gasteiger partial charge is 0.481 e. The van der Waals surface area contributed by atoms with Gasteiger partial charge in [0.2, 0.25) is 5.91 Å². The molecule has 8 nitrogen and oxygen atoms in total. The molecule has 2 amide bonds. The number of hydrogen-bond donors (Lipinski definition) is 3. The number of carbonyl (C=O) groups excluding carboxylic acids is 2. The van der Waals surface area contributed by atoms with E-state index in [0.717, 1.165) is 22.3 Å². The van der Waals surface area contributed by atoms with Gasteiger partial charge in [0.15, 0.2) is 0 Å². The van der Waals surface area contributed by atoms with Crippen LogP contribution in [-0.2, 0) is 19.1 Å². The number of carboxylic acid groups (broad SMARTS) is 1. The summed E-state index contributed by atoms with van der Waals surface area (Å²) >= 11 is 0. The molecule has 1 aliphatic heterocycles. The Morgan fingerprint density at radius 1 is 1.03 bits per heavy atom. The number of ether oxygens (including phenoxy) is 2. The molecule has 0 saturated carbocycles. The number of aliphatic carboxylic acids is 1. The molecule has 3 N–H and O–H groups in total. The molecule has 1 fully saturated rings. The first-order valence-electron chi connectivity index (χ1n) is 12.0. The Bertz CT molecular complexity index is 1050. The van der Waals surface area contributed by atoms with E-state index >= 15 is 0 Å². The highest BCUT2D eigenvalue weighted by atomic mass is 16.5. The van der Waals surface area contributed by atoms with Crippen molar-refractivity contribution in [1.29, 1.82) is 0 Å². The van der Waals surface area contributed by atoms with E-state index in [1.54, 1.807) is 0 Å². The van der Waals surface area contributed by atoms with Crippen LogP contribution in [0.3, 0.4) is 0 Å². The zero-order valence-corrected chi connectivity index (χ0v) is 20.1. The molecule has 4 rings (SSSR count). The highest BCUT2D eigenvalue weighted by Gasteiger charge is 2.41. The van der Waals surface area contributed by atoms with Gasteiger partial charge in [0.05, 0.1) is 5.41 Å². The third kappa shape index (κ3) is 5.17. The smallest absolute Gasteiger partial charge is 0.407 e. The van der Waals surface area contributed by atoms with Crippen LogP contribution in [0, 0.1) is 11.3 Å². The van der Waals surface area contributed by atoms with E-state index in [1.807, 2.05) is 50.2 Å². The summed E-state index contributed by atoms with van der Waals surface area (Å²) in [5.74, 6) is -1.68. The number of carboxylic acids is 1. The second-order valence-corrected chi connectivity index (χ2v) is 9.61. The average Bonchev–Trinajstić information content (AvgIpc) is 3.18. The normalized spacial score (nSPS) is 17.2. The van der Waals surface area contributed by atoms with Crippen molar-refractivity contribution in [3.63, 3.8) is 0 Å². The van der Waals surface area contributed by atoms with Crippen molar-refractivity contribution in [3.05, 3.63) is 59.7 Å². The maximum absolute atomic E-state index is 12.9. The molecule has 1 saturated heterocycles. The van der Waals surface area contributed by atoms with Crippen LogP contribution in [0.1, 0.15) is 43.7 Å². The fourth-order valence-corrected chi connectivity index (χ4v) is 4.90. The van der Waals surface area contributed by atoms with Gasteiger partial charge in [-0.15, -0.1) is 0 Å². The van der Waals surface area contributed by atoms with E-state index in [0.29, 0.717) is 26.1 Å². The van der Waals surface area contributed by atoms with Gasteiger partial charge in [-0.3, -0.25) is 9.59 Å². The van der Waals surface area contributed by atoms with E-state index in [2.05, 4.69) is 22.8 Å². The Morgan fingerprint density at radius 3 is 2.14 bits per heavy atom. The molecule has 1 heterocycles. The lowest BCUT2D eigenvalue weighted by Gasteiger charge is -2.33. The minimum absolute atomic E-state index is 0.0138. The monoisotopic (exact) mass is 480 g/mol. The molecular formula is C27H32N2O6. The molecule has 1 unspecified atom stereocenters. The van der Waals surface area contributed by atoms with Crippen molar-refractivity contribution in [2.24, 2.45) is 11.3 Å². The minimum Gasteiger partial charge on any atom is -0.481 e. The van der Waals surface area contributed by atoms with Crippen LogP contribution in [0.25, 0.3) is 11.1 Å². The summed E-state index contributed by atoms with van der Waals surface area (Å²) in [7, 11) is 0. The molecule has 1 aliphatic carbocycles. The average molecular weight is 481 g/mol. The van der Waals surface area contributed by atoms with Crippen LogP contribution in [0.4, 0.5) is 4.79 Å². The van der Waals surface area contributed by atoms with Gasteiger partial charge in [0.25, 0.3) is 0 Å². The van der Waals surface area contributed by atoms with Crippen LogP contribution in [0.5, 0.6) is 0 Å². The van der Waals surface area contributed by atoms with Crippen LogP contribution in [0.2, 0.25) is 0 Å². The summed E-state index contributed by atoms with van der Waals surface area (Å²) in [6, 6.07) is 15.3. The quantitative estimate of drug-likeness (QED) is 0.533. The predicted octanol–water partition coefficient (Wildman–Crippen LogP) is 3.55. The van der Waals surface area contributed by atoms with Gasteiger partial charge in [-0.2, -0.15) is 0 Å². The van der Waals surface area contributed by atoms with Gasteiger partial charge in [0.1, 0.15) is 12.6 Å². The zero-order valence-electron chi connectivity index (χ0n) is 20.1. The Morgan fingerprint density at radius 2 is 1.60 bits per heavy atom. The van der Waals surface area contributed by atoms with Gasteiger partial charge in [-0.1, -0.05) is 62.4 Å². The standard InChI is InChI=1S/C27H32N2O6/c1-17(2)23(24(30)28-16-27(25(31)32)11-13-34-14-12-27)29-26(33)35-15-22-20-9-5-3-7-18(20)19-8-4-6-10-21(19)22/h3-10,17,22-23H,11-16H2,1-2H3,(H,28,30)(H,29,33)(H,31,32). The molecule has 0 bridgehead atoms. The van der Waals surface area contributed by atoms with Crippen LogP contribution < -0.4 is 10.6 Å². The number of alkyl carbamates (subject to hydrolysis) is 1. The Hall–Kier alpha value is -3.39. The molecule has 8 heteroatoms. The van der Waals surface area contributed by atoms with Gasteiger partial charge in [-0.25, -0.2) is 4.79 Å². The molecule has 0 spiro atoms. The third-order valence-corrected chi connectivity index (χ3v) is 7.07. The van der Waals surface area contributed by atoms with Gasteiger partial charge in [0, 0.05) is 25.7 Å². The number of rotatable bonds is 8.